The Bertz CT molecular complexity index is 215. The summed E-state index contributed by atoms with van der Waals surface area (Å²) in [6.07, 6.45) is 0. The van der Waals surface area contributed by atoms with Crippen molar-refractivity contribution in [2.75, 3.05) is 0 Å². The lowest BCUT2D eigenvalue weighted by atomic mass is 10.2. The average Bonchev–Trinajstić information content (AvgIpc) is 1.88. The van der Waals surface area contributed by atoms with E-state index in [0.29, 0.717) is 5.02 Å². The molecule has 10 heavy (non-hydrogen) atoms. The summed E-state index contributed by atoms with van der Waals surface area (Å²) in [6.45, 7) is 0.209. The fourth-order valence-corrected chi connectivity index (χ4v) is 0.937. The molecule has 0 bridgehead atoms. The van der Waals surface area contributed by atoms with Gasteiger partial charge in [0.1, 0.15) is 0 Å². The average molecular weight is 160 g/mol. The molecule has 1 rings (SSSR count). The molecule has 0 aromatic heterocycles. The van der Waals surface area contributed by atoms with E-state index in [-0.39, 0.29) is 6.54 Å². The predicted octanol–water partition coefficient (Wildman–Crippen LogP) is 2.31. The van der Waals surface area contributed by atoms with Crippen LogP contribution in [0.25, 0.3) is 0 Å². The Labute approximate surface area is 63.8 Å². The SMILES string of the molecule is FNCc1cccc(Cl)c1. The Balaban J connectivity index is 2.75. The topological polar surface area (TPSA) is 12.0 Å². The molecule has 0 spiro atoms. The summed E-state index contributed by atoms with van der Waals surface area (Å²) in [7, 11) is 0. The molecule has 54 valence electrons. The molecule has 0 aliphatic rings. The van der Waals surface area contributed by atoms with Crippen molar-refractivity contribution < 1.29 is 4.48 Å². The first-order valence-corrected chi connectivity index (χ1v) is 3.28. The van der Waals surface area contributed by atoms with Crippen molar-refractivity contribution in [1.29, 1.82) is 0 Å². The number of nitrogens with one attached hydrogen (secondary N) is 1. The summed E-state index contributed by atoms with van der Waals surface area (Å²) in [5, 5.41) is 0.632. The third-order valence-corrected chi connectivity index (χ3v) is 1.40. The van der Waals surface area contributed by atoms with Crippen molar-refractivity contribution in [3.63, 3.8) is 0 Å². The molecule has 0 fully saturated rings. The van der Waals surface area contributed by atoms with Crippen molar-refractivity contribution in [2.45, 2.75) is 6.54 Å². The minimum Gasteiger partial charge on any atom is -0.155 e. The predicted molar refractivity (Wildman–Crippen MR) is 39.4 cm³/mol. The maximum atomic E-state index is 11.5. The number of hydrogen-bond acceptors (Lipinski definition) is 1. The van der Waals surface area contributed by atoms with Gasteiger partial charge in [-0.3, -0.25) is 0 Å². The highest BCUT2D eigenvalue weighted by atomic mass is 35.5. The summed E-state index contributed by atoms with van der Waals surface area (Å²) in [6, 6.07) is 7.06. The van der Waals surface area contributed by atoms with Crippen LogP contribution in [0.15, 0.2) is 24.3 Å². The molecule has 3 heteroatoms. The zero-order chi connectivity index (χ0) is 7.40. The number of hydrogen-bond donors (Lipinski definition) is 1. The molecule has 0 unspecified atom stereocenters. The van der Waals surface area contributed by atoms with Crippen LogP contribution in [-0.2, 0) is 6.54 Å². The van der Waals surface area contributed by atoms with Crippen LogP contribution >= 0.6 is 11.6 Å². The molecule has 1 aromatic carbocycles. The van der Waals surface area contributed by atoms with Crippen LogP contribution in [0.4, 0.5) is 4.48 Å². The summed E-state index contributed by atoms with van der Waals surface area (Å²) in [4.78, 5) is 0. The van der Waals surface area contributed by atoms with Crippen molar-refractivity contribution in [2.24, 2.45) is 0 Å². The van der Waals surface area contributed by atoms with Gasteiger partial charge < -0.3 is 0 Å². The normalized spacial score (nSPS) is 9.80. The Hall–Kier alpha value is -0.600. The molecule has 0 amide bonds. The first-order valence-electron chi connectivity index (χ1n) is 2.91. The van der Waals surface area contributed by atoms with Gasteiger partial charge in [-0.1, -0.05) is 23.7 Å². The summed E-state index contributed by atoms with van der Waals surface area (Å²) < 4.78 is 11.5. The van der Waals surface area contributed by atoms with Gasteiger partial charge in [0.25, 0.3) is 0 Å². The monoisotopic (exact) mass is 159 g/mol. The van der Waals surface area contributed by atoms with Crippen molar-refractivity contribution in [1.82, 2.24) is 5.54 Å². The Kier molecular flexibility index (Phi) is 2.66. The number of rotatable bonds is 2. The van der Waals surface area contributed by atoms with E-state index >= 15 is 0 Å². The lowest BCUT2D eigenvalue weighted by Crippen LogP contribution is -1.98. The van der Waals surface area contributed by atoms with Crippen LogP contribution in [0.2, 0.25) is 5.02 Å². The molecule has 0 saturated carbocycles. The van der Waals surface area contributed by atoms with E-state index in [0.717, 1.165) is 5.56 Å². The third-order valence-electron chi connectivity index (χ3n) is 1.16. The van der Waals surface area contributed by atoms with Crippen LogP contribution in [0, 0.1) is 0 Å². The van der Waals surface area contributed by atoms with Crippen LogP contribution in [0.5, 0.6) is 0 Å². The molecular formula is C7H7ClFN. The van der Waals surface area contributed by atoms with E-state index in [1.165, 1.54) is 0 Å². The smallest absolute Gasteiger partial charge is 0.0510 e. The molecule has 1 aromatic rings. The van der Waals surface area contributed by atoms with Gasteiger partial charge in [-0.15, -0.1) is 4.48 Å². The Morgan fingerprint density at radius 3 is 2.90 bits per heavy atom. The van der Waals surface area contributed by atoms with Crippen LogP contribution in [0.1, 0.15) is 5.56 Å². The van der Waals surface area contributed by atoms with E-state index in [1.807, 2.05) is 0 Å². The molecule has 0 aliphatic heterocycles. The van der Waals surface area contributed by atoms with Gasteiger partial charge in [0.15, 0.2) is 0 Å². The quantitative estimate of drug-likeness (QED) is 0.653. The molecule has 1 N–H and O–H groups in total. The second kappa shape index (κ2) is 3.54. The van der Waals surface area contributed by atoms with Crippen LogP contribution < -0.4 is 5.54 Å². The minimum atomic E-state index is 0.209. The van der Waals surface area contributed by atoms with Gasteiger partial charge in [0.05, 0.1) is 6.54 Å². The molecule has 0 heterocycles. The highest BCUT2D eigenvalue weighted by Gasteiger charge is 1.91. The fraction of sp³-hybridized carbons (Fsp3) is 0.143. The van der Waals surface area contributed by atoms with Crippen LogP contribution in [0.3, 0.4) is 0 Å². The van der Waals surface area contributed by atoms with E-state index in [2.05, 4.69) is 0 Å². The minimum absolute atomic E-state index is 0.209. The number of halogens is 2. The lowest BCUT2D eigenvalue weighted by Gasteiger charge is -1.96. The Morgan fingerprint density at radius 2 is 2.30 bits per heavy atom. The Morgan fingerprint density at radius 1 is 1.50 bits per heavy atom. The van der Waals surface area contributed by atoms with Gasteiger partial charge >= 0.3 is 0 Å². The molecular weight excluding hydrogens is 153 g/mol. The third kappa shape index (κ3) is 1.97. The van der Waals surface area contributed by atoms with Crippen molar-refractivity contribution in [3.05, 3.63) is 34.9 Å². The zero-order valence-electron chi connectivity index (χ0n) is 5.27. The van der Waals surface area contributed by atoms with E-state index < -0.39 is 0 Å². The van der Waals surface area contributed by atoms with Gasteiger partial charge in [-0.05, 0) is 17.7 Å². The maximum Gasteiger partial charge on any atom is 0.0510 e. The summed E-state index contributed by atoms with van der Waals surface area (Å²) in [5.41, 5.74) is 2.40. The van der Waals surface area contributed by atoms with E-state index in [4.69, 9.17) is 11.6 Å². The van der Waals surface area contributed by atoms with Crippen molar-refractivity contribution in [3.8, 4) is 0 Å². The highest BCUT2D eigenvalue weighted by molar-refractivity contribution is 6.30. The summed E-state index contributed by atoms with van der Waals surface area (Å²) in [5.74, 6) is 0. The molecule has 0 atom stereocenters. The van der Waals surface area contributed by atoms with Gasteiger partial charge in [0, 0.05) is 5.02 Å². The molecule has 1 nitrogen and oxygen atoms in total. The first kappa shape index (κ1) is 7.51. The van der Waals surface area contributed by atoms with E-state index in [9.17, 15) is 4.48 Å². The zero-order valence-corrected chi connectivity index (χ0v) is 6.03. The van der Waals surface area contributed by atoms with Gasteiger partial charge in [-0.2, -0.15) is 5.54 Å². The largest absolute Gasteiger partial charge is 0.155 e. The second-order valence-corrected chi connectivity index (χ2v) is 2.38. The molecule has 0 radical (unpaired) electrons. The van der Waals surface area contributed by atoms with Gasteiger partial charge in [0.2, 0.25) is 0 Å². The van der Waals surface area contributed by atoms with Crippen molar-refractivity contribution >= 4 is 11.6 Å². The highest BCUT2D eigenvalue weighted by Crippen LogP contribution is 2.09. The van der Waals surface area contributed by atoms with Crippen LogP contribution in [-0.4, -0.2) is 0 Å². The van der Waals surface area contributed by atoms with E-state index in [1.54, 1.807) is 29.8 Å². The molecule has 0 saturated heterocycles. The van der Waals surface area contributed by atoms with Gasteiger partial charge in [-0.25, -0.2) is 0 Å². The second-order valence-electron chi connectivity index (χ2n) is 1.94. The molecule has 0 aliphatic carbocycles. The summed E-state index contributed by atoms with van der Waals surface area (Å²) >= 11 is 5.63. The fourth-order valence-electron chi connectivity index (χ4n) is 0.724. The first-order chi connectivity index (χ1) is 4.83. The standard InChI is InChI=1S/C7H7ClFN/c8-7-3-1-2-6(4-7)5-10-9/h1-4,10H,5H2. The maximum absolute atomic E-state index is 11.5. The lowest BCUT2D eigenvalue weighted by molar-refractivity contribution is 0.330. The number of benzene rings is 1.